The van der Waals surface area contributed by atoms with Crippen LogP contribution in [0.25, 0.3) is 10.9 Å². The quantitative estimate of drug-likeness (QED) is 0.752. The highest BCUT2D eigenvalue weighted by atomic mass is 35.5. The van der Waals surface area contributed by atoms with Crippen LogP contribution < -0.4 is 5.73 Å². The second-order valence-electron chi connectivity index (χ2n) is 4.57. The zero-order chi connectivity index (χ0) is 14.1. The first-order chi connectivity index (χ1) is 9.66. The smallest absolute Gasteiger partial charge is 0.0702 e. The van der Waals surface area contributed by atoms with Crippen LogP contribution in [0.3, 0.4) is 0 Å². The number of fused-ring (bicyclic) bond motifs is 1. The number of halogens is 2. The van der Waals surface area contributed by atoms with Gasteiger partial charge in [0, 0.05) is 27.2 Å². The van der Waals surface area contributed by atoms with Crippen LogP contribution in [-0.2, 0) is 0 Å². The Hall–Kier alpha value is -1.61. The SMILES string of the molecule is NC(c1cnc2ccccc2c1)c1c(Cl)cccc1Cl. The summed E-state index contributed by atoms with van der Waals surface area (Å²) in [6.07, 6.45) is 1.77. The number of nitrogens with zero attached hydrogens (tertiary/aromatic N) is 1. The first-order valence-electron chi connectivity index (χ1n) is 6.21. The van der Waals surface area contributed by atoms with Crippen molar-refractivity contribution in [1.29, 1.82) is 0 Å². The number of benzene rings is 2. The van der Waals surface area contributed by atoms with Gasteiger partial charge in [-0.05, 0) is 29.8 Å². The third-order valence-corrected chi connectivity index (χ3v) is 3.94. The summed E-state index contributed by atoms with van der Waals surface area (Å²) in [6.45, 7) is 0. The molecule has 0 aliphatic heterocycles. The number of rotatable bonds is 2. The van der Waals surface area contributed by atoms with Crippen molar-refractivity contribution in [3.63, 3.8) is 0 Å². The monoisotopic (exact) mass is 302 g/mol. The van der Waals surface area contributed by atoms with Gasteiger partial charge < -0.3 is 5.73 Å². The average molecular weight is 303 g/mol. The highest BCUT2D eigenvalue weighted by Gasteiger charge is 2.16. The van der Waals surface area contributed by atoms with Crippen molar-refractivity contribution < 1.29 is 0 Å². The van der Waals surface area contributed by atoms with Crippen molar-refractivity contribution in [2.45, 2.75) is 6.04 Å². The maximum atomic E-state index is 6.30. The van der Waals surface area contributed by atoms with Crippen molar-refractivity contribution >= 4 is 34.1 Å². The number of hydrogen-bond donors (Lipinski definition) is 1. The summed E-state index contributed by atoms with van der Waals surface area (Å²) in [5.74, 6) is 0. The lowest BCUT2D eigenvalue weighted by atomic mass is 9.99. The molecular formula is C16H12Cl2N2. The maximum Gasteiger partial charge on any atom is 0.0702 e. The van der Waals surface area contributed by atoms with E-state index in [4.69, 9.17) is 28.9 Å². The molecule has 4 heteroatoms. The second kappa shape index (κ2) is 5.41. The van der Waals surface area contributed by atoms with Gasteiger partial charge in [-0.2, -0.15) is 0 Å². The minimum atomic E-state index is -0.395. The van der Waals surface area contributed by atoms with Crippen LogP contribution in [0.15, 0.2) is 54.7 Å². The molecule has 0 bridgehead atoms. The lowest BCUT2D eigenvalue weighted by molar-refractivity contribution is 0.867. The molecule has 0 radical (unpaired) electrons. The standard InChI is InChI=1S/C16H12Cl2N2/c17-12-5-3-6-13(18)15(12)16(19)11-8-10-4-1-2-7-14(10)20-9-11/h1-9,16H,19H2. The number of pyridine rings is 1. The van der Waals surface area contributed by atoms with Gasteiger partial charge in [0.05, 0.1) is 11.6 Å². The fourth-order valence-corrected chi connectivity index (χ4v) is 2.87. The predicted molar refractivity (Wildman–Crippen MR) is 84.2 cm³/mol. The van der Waals surface area contributed by atoms with Crippen LogP contribution in [0.1, 0.15) is 17.2 Å². The van der Waals surface area contributed by atoms with Gasteiger partial charge in [-0.3, -0.25) is 4.98 Å². The molecule has 100 valence electrons. The van der Waals surface area contributed by atoms with E-state index in [1.54, 1.807) is 24.4 Å². The van der Waals surface area contributed by atoms with E-state index in [1.165, 1.54) is 0 Å². The number of hydrogen-bond acceptors (Lipinski definition) is 2. The fourth-order valence-electron chi connectivity index (χ4n) is 2.23. The average Bonchev–Trinajstić information content (AvgIpc) is 2.46. The summed E-state index contributed by atoms with van der Waals surface area (Å²) in [7, 11) is 0. The van der Waals surface area contributed by atoms with Crippen LogP contribution in [0.4, 0.5) is 0 Å². The Labute approximate surface area is 127 Å². The van der Waals surface area contributed by atoms with E-state index in [-0.39, 0.29) is 0 Å². The van der Waals surface area contributed by atoms with Gasteiger partial charge in [-0.1, -0.05) is 47.5 Å². The van der Waals surface area contributed by atoms with Crippen LogP contribution in [0, 0.1) is 0 Å². The van der Waals surface area contributed by atoms with Crippen molar-refractivity contribution in [3.8, 4) is 0 Å². The minimum absolute atomic E-state index is 0.395. The summed E-state index contributed by atoms with van der Waals surface area (Å²) in [6, 6.07) is 14.9. The Bertz CT molecular complexity index is 751. The van der Waals surface area contributed by atoms with E-state index >= 15 is 0 Å². The number of aromatic nitrogens is 1. The summed E-state index contributed by atoms with van der Waals surface area (Å²) >= 11 is 12.4. The van der Waals surface area contributed by atoms with Gasteiger partial charge in [0.25, 0.3) is 0 Å². The Morgan fingerprint density at radius 2 is 1.65 bits per heavy atom. The van der Waals surface area contributed by atoms with Gasteiger partial charge in [0.1, 0.15) is 0 Å². The van der Waals surface area contributed by atoms with Crippen molar-refractivity contribution in [3.05, 3.63) is 75.9 Å². The molecule has 0 saturated carbocycles. The molecule has 0 amide bonds. The van der Waals surface area contributed by atoms with E-state index in [1.807, 2.05) is 30.3 Å². The van der Waals surface area contributed by atoms with E-state index in [0.717, 1.165) is 22.0 Å². The second-order valence-corrected chi connectivity index (χ2v) is 5.39. The summed E-state index contributed by atoms with van der Waals surface area (Å²) < 4.78 is 0. The van der Waals surface area contributed by atoms with E-state index < -0.39 is 6.04 Å². The molecule has 2 nitrogen and oxygen atoms in total. The summed E-state index contributed by atoms with van der Waals surface area (Å²) in [5.41, 5.74) is 8.86. The van der Waals surface area contributed by atoms with Gasteiger partial charge in [-0.25, -0.2) is 0 Å². The molecule has 1 unspecified atom stereocenters. The van der Waals surface area contributed by atoms with Gasteiger partial charge >= 0.3 is 0 Å². The number of para-hydroxylation sites is 1. The molecule has 2 aromatic carbocycles. The Kier molecular flexibility index (Phi) is 3.62. The number of nitrogens with two attached hydrogens (primary N) is 1. The summed E-state index contributed by atoms with van der Waals surface area (Å²) in [4.78, 5) is 4.42. The molecule has 0 fully saturated rings. The van der Waals surface area contributed by atoms with E-state index in [0.29, 0.717) is 10.0 Å². The molecule has 0 saturated heterocycles. The van der Waals surface area contributed by atoms with E-state index in [9.17, 15) is 0 Å². The topological polar surface area (TPSA) is 38.9 Å². The van der Waals surface area contributed by atoms with Crippen LogP contribution in [-0.4, -0.2) is 4.98 Å². The van der Waals surface area contributed by atoms with Gasteiger partial charge in [0.15, 0.2) is 0 Å². The van der Waals surface area contributed by atoms with Crippen LogP contribution >= 0.6 is 23.2 Å². The molecule has 1 heterocycles. The summed E-state index contributed by atoms with van der Waals surface area (Å²) in [5, 5.41) is 2.18. The molecule has 0 aliphatic carbocycles. The largest absolute Gasteiger partial charge is 0.320 e. The first kappa shape index (κ1) is 13.4. The molecule has 1 atom stereocenters. The molecule has 2 N–H and O–H groups in total. The zero-order valence-electron chi connectivity index (χ0n) is 10.6. The zero-order valence-corrected chi connectivity index (χ0v) is 12.1. The van der Waals surface area contributed by atoms with Crippen molar-refractivity contribution in [2.75, 3.05) is 0 Å². The third-order valence-electron chi connectivity index (χ3n) is 3.28. The molecule has 3 rings (SSSR count). The molecular weight excluding hydrogens is 291 g/mol. The Morgan fingerprint density at radius 1 is 0.950 bits per heavy atom. The lowest BCUT2D eigenvalue weighted by Gasteiger charge is -2.16. The lowest BCUT2D eigenvalue weighted by Crippen LogP contribution is -2.13. The van der Waals surface area contributed by atoms with Crippen LogP contribution in [0.5, 0.6) is 0 Å². The van der Waals surface area contributed by atoms with Crippen molar-refractivity contribution in [2.24, 2.45) is 5.73 Å². The molecule has 3 aromatic rings. The van der Waals surface area contributed by atoms with Gasteiger partial charge in [-0.15, -0.1) is 0 Å². The third kappa shape index (κ3) is 2.38. The van der Waals surface area contributed by atoms with Crippen LogP contribution in [0.2, 0.25) is 10.0 Å². The van der Waals surface area contributed by atoms with Crippen molar-refractivity contribution in [1.82, 2.24) is 4.98 Å². The fraction of sp³-hybridized carbons (Fsp3) is 0.0625. The highest BCUT2D eigenvalue weighted by Crippen LogP contribution is 2.33. The Balaban J connectivity index is 2.10. The van der Waals surface area contributed by atoms with Gasteiger partial charge in [0.2, 0.25) is 0 Å². The normalized spacial score (nSPS) is 12.6. The highest BCUT2D eigenvalue weighted by molar-refractivity contribution is 6.36. The molecule has 1 aromatic heterocycles. The van der Waals surface area contributed by atoms with E-state index in [2.05, 4.69) is 4.98 Å². The minimum Gasteiger partial charge on any atom is -0.320 e. The predicted octanol–water partition coefficient (Wildman–Crippen LogP) is 4.59. The molecule has 20 heavy (non-hydrogen) atoms. The molecule has 0 spiro atoms. The Morgan fingerprint density at radius 3 is 2.40 bits per heavy atom. The maximum absolute atomic E-state index is 6.30. The first-order valence-corrected chi connectivity index (χ1v) is 6.96. The molecule has 0 aliphatic rings.